The largest absolute Gasteiger partial charge is 0.493 e. The van der Waals surface area contributed by atoms with Gasteiger partial charge in [-0.3, -0.25) is 4.79 Å². The number of methoxy groups -OCH3 is 1. The number of pyridine rings is 1. The fourth-order valence-electron chi connectivity index (χ4n) is 4.44. The Morgan fingerprint density at radius 1 is 1.27 bits per heavy atom. The van der Waals surface area contributed by atoms with E-state index in [0.717, 1.165) is 26.2 Å². The van der Waals surface area contributed by atoms with E-state index in [2.05, 4.69) is 10.3 Å². The lowest BCUT2D eigenvalue weighted by molar-refractivity contribution is -0.277. The number of rotatable bonds is 4. The van der Waals surface area contributed by atoms with Crippen molar-refractivity contribution in [1.29, 1.82) is 0 Å². The molecular formula is C21H20F5N3O4. The van der Waals surface area contributed by atoms with E-state index in [4.69, 9.17) is 19.9 Å². The lowest BCUT2D eigenvalue weighted by Crippen LogP contribution is -2.47. The predicted molar refractivity (Wildman–Crippen MR) is 105 cm³/mol. The zero-order valence-corrected chi connectivity index (χ0v) is 17.7. The van der Waals surface area contributed by atoms with Gasteiger partial charge < -0.3 is 25.3 Å². The first-order valence-corrected chi connectivity index (χ1v) is 9.89. The monoisotopic (exact) mass is 473 g/mol. The standard InChI is InChI=1S/C21H20F5N3O4/c1-8-12(9-4-5-10(22)13(23)15(9)31-3)17(33-20(8,2)21(24,25)26)19-29-11-6-7-28-14(18(27)30)16(11)32-19/h4-8,12,17,19,29H,1-3H3,(H2,27,30)/t8-,12-,17+,19+,20+/m0/s1. The molecule has 0 radical (unpaired) electrons. The quantitative estimate of drug-likeness (QED) is 0.657. The molecule has 7 nitrogen and oxygen atoms in total. The number of alkyl halides is 3. The van der Waals surface area contributed by atoms with Crippen molar-refractivity contribution in [2.24, 2.45) is 11.7 Å². The van der Waals surface area contributed by atoms with Gasteiger partial charge in [-0.05, 0) is 19.1 Å². The Morgan fingerprint density at radius 3 is 2.58 bits per heavy atom. The van der Waals surface area contributed by atoms with E-state index >= 15 is 0 Å². The zero-order chi connectivity index (χ0) is 24.3. The van der Waals surface area contributed by atoms with Gasteiger partial charge in [0.15, 0.2) is 34.8 Å². The van der Waals surface area contributed by atoms with Crippen molar-refractivity contribution >= 4 is 11.6 Å². The molecule has 1 aromatic carbocycles. The van der Waals surface area contributed by atoms with Crippen LogP contribution in [0.1, 0.15) is 35.8 Å². The smallest absolute Gasteiger partial charge is 0.417 e. The van der Waals surface area contributed by atoms with Crippen LogP contribution in [0.2, 0.25) is 0 Å². The van der Waals surface area contributed by atoms with Crippen molar-refractivity contribution in [2.75, 3.05) is 12.4 Å². The minimum atomic E-state index is -4.80. The molecule has 33 heavy (non-hydrogen) atoms. The molecule has 1 amide bonds. The Bertz CT molecular complexity index is 1110. The van der Waals surface area contributed by atoms with Crippen molar-refractivity contribution in [2.45, 2.75) is 43.9 Å². The number of carbonyl (C=O) groups is 1. The predicted octanol–water partition coefficient (Wildman–Crippen LogP) is 3.74. The third-order valence-corrected chi connectivity index (χ3v) is 6.33. The Balaban J connectivity index is 1.82. The van der Waals surface area contributed by atoms with Crippen LogP contribution in [0.5, 0.6) is 11.5 Å². The molecule has 1 fully saturated rings. The third-order valence-electron chi connectivity index (χ3n) is 6.33. The minimum absolute atomic E-state index is 0.0171. The molecule has 2 aliphatic rings. The van der Waals surface area contributed by atoms with E-state index in [-0.39, 0.29) is 22.7 Å². The number of primary amides is 1. The van der Waals surface area contributed by atoms with Crippen molar-refractivity contribution in [3.8, 4) is 11.5 Å². The molecule has 5 atom stereocenters. The van der Waals surface area contributed by atoms with Gasteiger partial charge >= 0.3 is 6.18 Å². The van der Waals surface area contributed by atoms with Gasteiger partial charge in [-0.25, -0.2) is 9.37 Å². The number of aromatic nitrogens is 1. The fourth-order valence-corrected chi connectivity index (χ4v) is 4.44. The molecule has 0 aliphatic carbocycles. The van der Waals surface area contributed by atoms with Gasteiger partial charge in [0.05, 0.1) is 12.8 Å². The molecule has 178 valence electrons. The Labute approximate surface area is 185 Å². The van der Waals surface area contributed by atoms with Gasteiger partial charge in [0.25, 0.3) is 5.91 Å². The number of anilines is 1. The second-order valence-electron chi connectivity index (χ2n) is 8.07. The fraction of sp³-hybridized carbons (Fsp3) is 0.429. The summed E-state index contributed by atoms with van der Waals surface area (Å²) in [5.41, 5.74) is 2.71. The van der Waals surface area contributed by atoms with Crippen LogP contribution < -0.4 is 20.5 Å². The van der Waals surface area contributed by atoms with E-state index < -0.39 is 59.2 Å². The minimum Gasteiger partial charge on any atom is -0.493 e. The van der Waals surface area contributed by atoms with E-state index in [1.807, 2.05) is 0 Å². The van der Waals surface area contributed by atoms with Crippen molar-refractivity contribution in [3.05, 3.63) is 47.3 Å². The second-order valence-corrected chi connectivity index (χ2v) is 8.07. The Kier molecular flexibility index (Phi) is 5.38. The van der Waals surface area contributed by atoms with E-state index in [1.165, 1.54) is 19.2 Å². The Hall–Kier alpha value is -3.15. The summed E-state index contributed by atoms with van der Waals surface area (Å²) >= 11 is 0. The van der Waals surface area contributed by atoms with Gasteiger partial charge in [0, 0.05) is 23.6 Å². The van der Waals surface area contributed by atoms with Crippen molar-refractivity contribution in [3.63, 3.8) is 0 Å². The number of fused-ring (bicyclic) bond motifs is 1. The molecule has 4 rings (SSSR count). The summed E-state index contributed by atoms with van der Waals surface area (Å²) in [6, 6.07) is 3.43. The van der Waals surface area contributed by atoms with Gasteiger partial charge in [-0.15, -0.1) is 0 Å². The average Bonchev–Trinajstić information content (AvgIpc) is 3.29. The maximum atomic E-state index is 14.5. The number of halogens is 5. The number of nitrogens with zero attached hydrogens (tertiary/aromatic N) is 1. The van der Waals surface area contributed by atoms with Crippen LogP contribution in [0, 0.1) is 17.6 Å². The molecule has 1 saturated heterocycles. The van der Waals surface area contributed by atoms with Crippen LogP contribution in [0.25, 0.3) is 0 Å². The highest BCUT2D eigenvalue weighted by Gasteiger charge is 2.66. The van der Waals surface area contributed by atoms with E-state index in [0.29, 0.717) is 0 Å². The molecule has 1 aromatic heterocycles. The normalized spacial score (nSPS) is 28.7. The molecule has 2 aromatic rings. The van der Waals surface area contributed by atoms with Crippen LogP contribution in [0.4, 0.5) is 27.6 Å². The number of hydrogen-bond acceptors (Lipinski definition) is 6. The van der Waals surface area contributed by atoms with Crippen LogP contribution in [-0.2, 0) is 4.74 Å². The van der Waals surface area contributed by atoms with Gasteiger partial charge in [-0.1, -0.05) is 13.0 Å². The zero-order valence-electron chi connectivity index (χ0n) is 17.7. The van der Waals surface area contributed by atoms with Crippen LogP contribution in [0.15, 0.2) is 24.4 Å². The molecule has 3 N–H and O–H groups in total. The van der Waals surface area contributed by atoms with Crippen LogP contribution >= 0.6 is 0 Å². The second kappa shape index (κ2) is 7.72. The number of ether oxygens (including phenoxy) is 3. The number of benzene rings is 1. The van der Waals surface area contributed by atoms with Crippen LogP contribution in [-0.4, -0.2) is 42.1 Å². The lowest BCUT2D eigenvalue weighted by Gasteiger charge is -2.32. The molecule has 2 aliphatic heterocycles. The first kappa shape index (κ1) is 23.0. The molecule has 0 unspecified atom stereocenters. The molecule has 12 heteroatoms. The highest BCUT2D eigenvalue weighted by atomic mass is 19.4. The molecule has 0 bridgehead atoms. The van der Waals surface area contributed by atoms with E-state index in [9.17, 15) is 26.7 Å². The number of nitrogens with one attached hydrogen (secondary N) is 1. The van der Waals surface area contributed by atoms with Crippen molar-refractivity contribution in [1.82, 2.24) is 4.98 Å². The summed E-state index contributed by atoms with van der Waals surface area (Å²) in [6.45, 7) is 2.19. The first-order chi connectivity index (χ1) is 15.4. The number of nitrogens with two attached hydrogens (primary N) is 1. The molecule has 0 saturated carbocycles. The van der Waals surface area contributed by atoms with Crippen LogP contribution in [0.3, 0.4) is 0 Å². The first-order valence-electron chi connectivity index (χ1n) is 9.89. The SMILES string of the molecule is COc1c([C@H]2[C@H]([C@@H]3Nc4ccnc(C(N)=O)c4O3)O[C@@](C)(C(F)(F)F)[C@H]2C)ccc(F)c1F. The average molecular weight is 473 g/mol. The topological polar surface area (TPSA) is 95.7 Å². The third kappa shape index (κ3) is 3.43. The van der Waals surface area contributed by atoms with Gasteiger partial charge in [0.2, 0.25) is 5.82 Å². The molecular weight excluding hydrogens is 453 g/mol. The maximum absolute atomic E-state index is 14.5. The number of carbonyl (C=O) groups excluding carboxylic acids is 1. The highest BCUT2D eigenvalue weighted by Crippen LogP contribution is 2.56. The summed E-state index contributed by atoms with van der Waals surface area (Å²) in [4.78, 5) is 15.5. The van der Waals surface area contributed by atoms with Gasteiger partial charge in [0.1, 0.15) is 6.10 Å². The number of hydrogen-bond donors (Lipinski definition) is 2. The van der Waals surface area contributed by atoms with Gasteiger partial charge in [-0.2, -0.15) is 17.6 Å². The summed E-state index contributed by atoms with van der Waals surface area (Å²) < 4.78 is 86.8. The summed E-state index contributed by atoms with van der Waals surface area (Å²) in [5, 5.41) is 2.87. The van der Waals surface area contributed by atoms with E-state index in [1.54, 1.807) is 0 Å². The summed E-state index contributed by atoms with van der Waals surface area (Å²) in [6.07, 6.45) is -6.09. The Morgan fingerprint density at radius 2 is 1.97 bits per heavy atom. The molecule has 3 heterocycles. The van der Waals surface area contributed by atoms with Crippen molar-refractivity contribution < 1.29 is 41.0 Å². The summed E-state index contributed by atoms with van der Waals surface area (Å²) in [5.74, 6) is -6.40. The number of amides is 1. The molecule has 0 spiro atoms. The maximum Gasteiger partial charge on any atom is 0.417 e. The summed E-state index contributed by atoms with van der Waals surface area (Å²) in [7, 11) is 1.09. The highest BCUT2D eigenvalue weighted by molar-refractivity contribution is 5.96. The lowest BCUT2D eigenvalue weighted by atomic mass is 9.76.